The second kappa shape index (κ2) is 6.20. The van der Waals surface area contributed by atoms with Crippen LogP contribution in [0.3, 0.4) is 0 Å². The number of thiophene rings is 1. The van der Waals surface area contributed by atoms with Crippen molar-refractivity contribution < 1.29 is 9.90 Å². The molecule has 0 fully saturated rings. The van der Waals surface area contributed by atoms with Gasteiger partial charge in [-0.2, -0.15) is 11.3 Å². The molecule has 0 aliphatic heterocycles. The van der Waals surface area contributed by atoms with Crippen LogP contribution in [0.25, 0.3) is 0 Å². The molecule has 106 valence electrons. The first-order valence-corrected chi connectivity index (χ1v) is 7.54. The maximum absolute atomic E-state index is 11.8. The zero-order chi connectivity index (χ0) is 14.6. The molecule has 3 nitrogen and oxygen atoms in total. The van der Waals surface area contributed by atoms with E-state index in [1.54, 1.807) is 11.3 Å². The average molecular weight is 289 g/mol. The zero-order valence-electron chi connectivity index (χ0n) is 11.5. The van der Waals surface area contributed by atoms with Gasteiger partial charge in [0, 0.05) is 6.54 Å². The van der Waals surface area contributed by atoms with Crippen LogP contribution in [0.5, 0.6) is 0 Å². The van der Waals surface area contributed by atoms with Crippen molar-refractivity contribution in [2.45, 2.75) is 25.2 Å². The van der Waals surface area contributed by atoms with Crippen molar-refractivity contribution >= 4 is 17.3 Å². The Morgan fingerprint density at radius 1 is 1.40 bits per heavy atom. The van der Waals surface area contributed by atoms with Crippen LogP contribution in [-0.4, -0.2) is 17.6 Å². The minimum Gasteiger partial charge on any atom is -0.481 e. The molecule has 0 bridgehead atoms. The molecule has 1 heterocycles. The molecule has 0 radical (unpaired) electrons. The highest BCUT2D eigenvalue weighted by molar-refractivity contribution is 7.07. The average Bonchev–Trinajstić information content (AvgIpc) is 2.93. The normalized spacial score (nSPS) is 13.9. The number of rotatable bonds is 6. The third kappa shape index (κ3) is 2.92. The van der Waals surface area contributed by atoms with Gasteiger partial charge in [0.25, 0.3) is 0 Å². The first-order valence-electron chi connectivity index (χ1n) is 6.60. The number of hydrogen-bond acceptors (Lipinski definition) is 3. The van der Waals surface area contributed by atoms with Gasteiger partial charge >= 0.3 is 5.97 Å². The number of aryl methyl sites for hydroxylation is 2. The lowest BCUT2D eigenvalue weighted by Gasteiger charge is -2.28. The summed E-state index contributed by atoms with van der Waals surface area (Å²) in [6.45, 7) is 2.07. The van der Waals surface area contributed by atoms with E-state index in [-0.39, 0.29) is 6.54 Å². The number of aliphatic carboxylic acids is 1. The Hall–Kier alpha value is -1.65. The Bertz CT molecular complexity index is 580. The molecule has 0 spiro atoms. The molecule has 2 rings (SSSR count). The van der Waals surface area contributed by atoms with E-state index in [0.29, 0.717) is 6.42 Å². The Kier molecular flexibility index (Phi) is 4.57. The van der Waals surface area contributed by atoms with Crippen LogP contribution in [0, 0.1) is 6.92 Å². The highest BCUT2D eigenvalue weighted by Gasteiger charge is 2.38. The fraction of sp³-hybridized carbons (Fsp3) is 0.312. The van der Waals surface area contributed by atoms with E-state index in [9.17, 15) is 9.90 Å². The summed E-state index contributed by atoms with van der Waals surface area (Å²) in [6, 6.07) is 9.67. The monoisotopic (exact) mass is 289 g/mol. The van der Waals surface area contributed by atoms with E-state index in [0.717, 1.165) is 17.5 Å². The molecule has 1 atom stereocenters. The van der Waals surface area contributed by atoms with E-state index < -0.39 is 11.4 Å². The van der Waals surface area contributed by atoms with Crippen LogP contribution in [-0.2, 0) is 16.6 Å². The molecule has 1 aromatic carbocycles. The number of hydrogen-bond donors (Lipinski definition) is 2. The fourth-order valence-corrected chi connectivity index (χ4v) is 3.12. The lowest BCUT2D eigenvalue weighted by Crippen LogP contribution is -2.43. The number of nitrogens with two attached hydrogens (primary N) is 1. The topological polar surface area (TPSA) is 63.3 Å². The Morgan fingerprint density at radius 2 is 2.20 bits per heavy atom. The molecule has 1 unspecified atom stereocenters. The van der Waals surface area contributed by atoms with Crippen molar-refractivity contribution in [3.8, 4) is 0 Å². The van der Waals surface area contributed by atoms with Crippen molar-refractivity contribution in [1.29, 1.82) is 0 Å². The number of carbonyl (C=O) groups is 1. The smallest absolute Gasteiger partial charge is 0.315 e. The molecule has 0 saturated heterocycles. The molecule has 0 saturated carbocycles. The molecular formula is C16H19NO2S. The lowest BCUT2D eigenvalue weighted by molar-refractivity contribution is -0.143. The molecular weight excluding hydrogens is 270 g/mol. The minimum absolute atomic E-state index is 0.107. The highest BCUT2D eigenvalue weighted by atomic mass is 32.1. The van der Waals surface area contributed by atoms with E-state index in [1.807, 2.05) is 42.6 Å². The lowest BCUT2D eigenvalue weighted by atomic mass is 9.75. The van der Waals surface area contributed by atoms with Gasteiger partial charge in [0.15, 0.2) is 0 Å². The minimum atomic E-state index is -1.01. The molecule has 1 aromatic heterocycles. The second-order valence-electron chi connectivity index (χ2n) is 5.09. The molecule has 2 aromatic rings. The summed E-state index contributed by atoms with van der Waals surface area (Å²) in [7, 11) is 0. The predicted octanol–water partition coefficient (Wildman–Crippen LogP) is 2.97. The number of carboxylic acids is 1. The van der Waals surface area contributed by atoms with E-state index in [2.05, 4.69) is 5.38 Å². The van der Waals surface area contributed by atoms with E-state index >= 15 is 0 Å². The third-order valence-electron chi connectivity index (χ3n) is 3.75. The molecule has 4 heteroatoms. The molecule has 0 amide bonds. The molecule has 3 N–H and O–H groups in total. The summed E-state index contributed by atoms with van der Waals surface area (Å²) in [6.07, 6.45) is 1.24. The van der Waals surface area contributed by atoms with Gasteiger partial charge in [0.1, 0.15) is 5.41 Å². The SMILES string of the molecule is Cc1cccc(C(CN)(CCc2ccsc2)C(=O)O)c1. The standard InChI is InChI=1S/C16H19NO2S/c1-12-3-2-4-14(9-12)16(11-17,15(18)19)7-5-13-6-8-20-10-13/h2-4,6,8-10H,5,7,11,17H2,1H3,(H,18,19). The van der Waals surface area contributed by atoms with Crippen LogP contribution in [0.1, 0.15) is 23.1 Å². The van der Waals surface area contributed by atoms with Crippen LogP contribution < -0.4 is 5.73 Å². The summed E-state index contributed by atoms with van der Waals surface area (Å²) in [5, 5.41) is 13.8. The molecule has 0 aliphatic carbocycles. The quantitative estimate of drug-likeness (QED) is 0.859. The Labute approximate surface area is 123 Å². The third-order valence-corrected chi connectivity index (χ3v) is 4.48. The number of benzene rings is 1. The molecule has 20 heavy (non-hydrogen) atoms. The van der Waals surface area contributed by atoms with Gasteiger partial charge < -0.3 is 10.8 Å². The molecule has 0 aliphatic rings. The summed E-state index contributed by atoms with van der Waals surface area (Å²) < 4.78 is 0. The summed E-state index contributed by atoms with van der Waals surface area (Å²) in [5.41, 5.74) is 7.86. The maximum Gasteiger partial charge on any atom is 0.315 e. The van der Waals surface area contributed by atoms with Gasteiger partial charge in [-0.3, -0.25) is 4.79 Å². The van der Waals surface area contributed by atoms with Gasteiger partial charge in [0.05, 0.1) is 0 Å². The first kappa shape index (κ1) is 14.8. The van der Waals surface area contributed by atoms with Gasteiger partial charge in [-0.1, -0.05) is 29.8 Å². The van der Waals surface area contributed by atoms with Gasteiger partial charge in [0.2, 0.25) is 0 Å². The Balaban J connectivity index is 2.32. The van der Waals surface area contributed by atoms with Crippen LogP contribution in [0.15, 0.2) is 41.1 Å². The van der Waals surface area contributed by atoms with Crippen molar-refractivity contribution in [1.82, 2.24) is 0 Å². The van der Waals surface area contributed by atoms with E-state index in [4.69, 9.17) is 5.73 Å². The Morgan fingerprint density at radius 3 is 2.75 bits per heavy atom. The zero-order valence-corrected chi connectivity index (χ0v) is 12.3. The van der Waals surface area contributed by atoms with Gasteiger partial charge in [-0.15, -0.1) is 0 Å². The van der Waals surface area contributed by atoms with Crippen LogP contribution >= 0.6 is 11.3 Å². The number of carboxylic acid groups (broad SMARTS) is 1. The second-order valence-corrected chi connectivity index (χ2v) is 5.87. The maximum atomic E-state index is 11.8. The summed E-state index contributed by atoms with van der Waals surface area (Å²) in [5.74, 6) is -0.846. The summed E-state index contributed by atoms with van der Waals surface area (Å²) in [4.78, 5) is 11.8. The predicted molar refractivity (Wildman–Crippen MR) is 82.2 cm³/mol. The van der Waals surface area contributed by atoms with Crippen molar-refractivity contribution in [2.24, 2.45) is 5.73 Å². The van der Waals surface area contributed by atoms with Crippen LogP contribution in [0.2, 0.25) is 0 Å². The van der Waals surface area contributed by atoms with Crippen molar-refractivity contribution in [3.63, 3.8) is 0 Å². The first-order chi connectivity index (χ1) is 9.58. The summed E-state index contributed by atoms with van der Waals surface area (Å²) >= 11 is 1.63. The largest absolute Gasteiger partial charge is 0.481 e. The fourth-order valence-electron chi connectivity index (χ4n) is 2.42. The van der Waals surface area contributed by atoms with Crippen LogP contribution in [0.4, 0.5) is 0 Å². The van der Waals surface area contributed by atoms with Gasteiger partial charge in [-0.25, -0.2) is 0 Å². The van der Waals surface area contributed by atoms with E-state index in [1.165, 1.54) is 5.56 Å². The van der Waals surface area contributed by atoms with Gasteiger partial charge in [-0.05, 0) is 47.7 Å². The highest BCUT2D eigenvalue weighted by Crippen LogP contribution is 2.30. The van der Waals surface area contributed by atoms with Crippen molar-refractivity contribution in [3.05, 3.63) is 57.8 Å². The van der Waals surface area contributed by atoms with Crippen molar-refractivity contribution in [2.75, 3.05) is 6.54 Å².